The van der Waals surface area contributed by atoms with Gasteiger partial charge in [0.25, 0.3) is 20.0 Å². The highest BCUT2D eigenvalue weighted by Crippen LogP contribution is 2.33. The Morgan fingerprint density at radius 1 is 0.656 bits per heavy atom. The van der Waals surface area contributed by atoms with Crippen LogP contribution in [0.2, 0.25) is 0 Å². The first-order chi connectivity index (χ1) is 15.4. The van der Waals surface area contributed by atoms with Crippen molar-refractivity contribution in [3.8, 4) is 0 Å². The third-order valence-electron chi connectivity index (χ3n) is 5.90. The fraction of sp³-hybridized carbons (Fsp3) is 0.167. The minimum Gasteiger partial charge on any atom is -0.266 e. The van der Waals surface area contributed by atoms with Crippen molar-refractivity contribution in [1.82, 2.24) is 0 Å². The SMILES string of the molecule is O=S(=O)(/C=C\c1ccc(S(=O)(=O)N2CCc3ccccc32)cc1)N1CCc2ccccc21. The molecule has 3 aromatic rings. The zero-order valence-corrected chi connectivity index (χ0v) is 18.9. The maximum Gasteiger partial charge on any atom is 0.264 e. The van der Waals surface area contributed by atoms with E-state index in [-0.39, 0.29) is 4.90 Å². The van der Waals surface area contributed by atoms with Gasteiger partial charge in [0, 0.05) is 13.1 Å². The molecule has 2 aliphatic heterocycles. The van der Waals surface area contributed by atoms with E-state index in [9.17, 15) is 16.8 Å². The summed E-state index contributed by atoms with van der Waals surface area (Å²) in [6, 6.07) is 21.3. The number of hydrogen-bond acceptors (Lipinski definition) is 4. The number of fused-ring (bicyclic) bond motifs is 2. The molecule has 0 saturated heterocycles. The fourth-order valence-corrected chi connectivity index (χ4v) is 7.02. The van der Waals surface area contributed by atoms with Crippen LogP contribution in [0.3, 0.4) is 0 Å². The van der Waals surface area contributed by atoms with Gasteiger partial charge in [0.05, 0.1) is 21.7 Å². The van der Waals surface area contributed by atoms with E-state index in [2.05, 4.69) is 0 Å². The molecule has 0 unspecified atom stereocenters. The lowest BCUT2D eigenvalue weighted by atomic mass is 10.2. The molecule has 0 radical (unpaired) electrons. The van der Waals surface area contributed by atoms with Crippen molar-refractivity contribution < 1.29 is 16.8 Å². The summed E-state index contributed by atoms with van der Waals surface area (Å²) in [4.78, 5) is 0.183. The lowest BCUT2D eigenvalue weighted by Crippen LogP contribution is -2.29. The number of hydrogen-bond donors (Lipinski definition) is 0. The highest BCUT2D eigenvalue weighted by atomic mass is 32.2. The van der Waals surface area contributed by atoms with Gasteiger partial charge in [0.1, 0.15) is 0 Å². The molecule has 0 atom stereocenters. The van der Waals surface area contributed by atoms with Crippen molar-refractivity contribution in [2.75, 3.05) is 21.7 Å². The van der Waals surface area contributed by atoms with Gasteiger partial charge in [-0.3, -0.25) is 8.61 Å². The standard InChI is InChI=1S/C24H22N2O4S2/c27-31(28,25-16-13-20-5-1-3-7-23(20)25)18-15-19-9-11-22(12-10-19)32(29,30)26-17-14-21-6-2-4-8-24(21)26/h1-12,15,18H,13-14,16-17H2/b18-15-. The Balaban J connectivity index is 1.36. The van der Waals surface area contributed by atoms with Gasteiger partial charge in [0.2, 0.25) is 0 Å². The van der Waals surface area contributed by atoms with E-state index in [4.69, 9.17) is 0 Å². The van der Waals surface area contributed by atoms with E-state index >= 15 is 0 Å². The van der Waals surface area contributed by atoms with Crippen LogP contribution in [-0.4, -0.2) is 29.9 Å². The number of para-hydroxylation sites is 2. The van der Waals surface area contributed by atoms with Gasteiger partial charge >= 0.3 is 0 Å². The molecule has 164 valence electrons. The molecule has 0 fully saturated rings. The molecule has 32 heavy (non-hydrogen) atoms. The minimum absolute atomic E-state index is 0.183. The second-order valence-electron chi connectivity index (χ2n) is 7.82. The van der Waals surface area contributed by atoms with Crippen molar-refractivity contribution in [3.63, 3.8) is 0 Å². The molecule has 0 aliphatic carbocycles. The second-order valence-corrected chi connectivity index (χ2v) is 11.4. The zero-order chi connectivity index (χ0) is 22.3. The average Bonchev–Trinajstić information content (AvgIpc) is 3.43. The van der Waals surface area contributed by atoms with Crippen LogP contribution in [0.4, 0.5) is 11.4 Å². The summed E-state index contributed by atoms with van der Waals surface area (Å²) < 4.78 is 54.7. The molecular weight excluding hydrogens is 444 g/mol. The topological polar surface area (TPSA) is 74.8 Å². The second kappa shape index (κ2) is 7.79. The van der Waals surface area contributed by atoms with Crippen LogP contribution in [-0.2, 0) is 32.9 Å². The summed E-state index contributed by atoms with van der Waals surface area (Å²) in [6.45, 7) is 0.833. The monoisotopic (exact) mass is 466 g/mol. The molecule has 0 amide bonds. The molecule has 2 aliphatic rings. The third-order valence-corrected chi connectivity index (χ3v) is 9.20. The third kappa shape index (κ3) is 3.59. The van der Waals surface area contributed by atoms with Crippen molar-refractivity contribution in [2.45, 2.75) is 17.7 Å². The van der Waals surface area contributed by atoms with Crippen molar-refractivity contribution in [3.05, 3.63) is 94.9 Å². The molecule has 8 heteroatoms. The Kier molecular flexibility index (Phi) is 5.06. The molecule has 0 aromatic heterocycles. The number of rotatable bonds is 5. The van der Waals surface area contributed by atoms with Crippen molar-refractivity contribution in [2.24, 2.45) is 0 Å². The van der Waals surface area contributed by atoms with Crippen LogP contribution in [0.1, 0.15) is 16.7 Å². The summed E-state index contributed by atoms with van der Waals surface area (Å²) in [6.07, 6.45) is 2.88. The number of sulfonamides is 2. The molecule has 6 nitrogen and oxygen atoms in total. The summed E-state index contributed by atoms with van der Waals surface area (Å²) in [5, 5.41) is 1.18. The number of anilines is 2. The first-order valence-electron chi connectivity index (χ1n) is 10.4. The Bertz CT molecular complexity index is 1410. The molecule has 0 spiro atoms. The fourth-order valence-electron chi connectivity index (χ4n) is 4.25. The zero-order valence-electron chi connectivity index (χ0n) is 17.3. The van der Waals surface area contributed by atoms with Gasteiger partial charge in [-0.2, -0.15) is 0 Å². The normalized spacial score (nSPS) is 15.9. The van der Waals surface area contributed by atoms with Gasteiger partial charge in [0.15, 0.2) is 0 Å². The van der Waals surface area contributed by atoms with Gasteiger partial charge in [-0.15, -0.1) is 0 Å². The summed E-state index contributed by atoms with van der Waals surface area (Å²) in [5.41, 5.74) is 4.08. The van der Waals surface area contributed by atoms with E-state index in [0.29, 0.717) is 42.9 Å². The van der Waals surface area contributed by atoms with Crippen LogP contribution >= 0.6 is 0 Å². The number of nitrogens with zero attached hydrogens (tertiary/aromatic N) is 2. The van der Waals surface area contributed by atoms with Crippen LogP contribution < -0.4 is 8.61 Å². The minimum atomic E-state index is -3.68. The molecule has 3 aromatic carbocycles. The maximum absolute atomic E-state index is 13.1. The lowest BCUT2D eigenvalue weighted by molar-refractivity contribution is 0.592. The van der Waals surface area contributed by atoms with E-state index in [1.165, 1.54) is 32.2 Å². The highest BCUT2D eigenvalue weighted by molar-refractivity contribution is 7.95. The van der Waals surface area contributed by atoms with Gasteiger partial charge in [-0.1, -0.05) is 48.5 Å². The summed E-state index contributed by atoms with van der Waals surface area (Å²) in [5.74, 6) is 0. The Morgan fingerprint density at radius 2 is 1.19 bits per heavy atom. The largest absolute Gasteiger partial charge is 0.266 e. The van der Waals surface area contributed by atoms with Gasteiger partial charge < -0.3 is 0 Å². The quantitative estimate of drug-likeness (QED) is 0.573. The predicted octanol–water partition coefficient (Wildman–Crippen LogP) is 3.80. The summed E-state index contributed by atoms with van der Waals surface area (Å²) in [7, 11) is -7.31. The number of benzene rings is 3. The van der Waals surface area contributed by atoms with Crippen LogP contribution in [0, 0.1) is 0 Å². The first kappa shape index (κ1) is 20.8. The molecule has 0 bridgehead atoms. The summed E-state index contributed by atoms with van der Waals surface area (Å²) >= 11 is 0. The Hall–Kier alpha value is -3.10. The van der Waals surface area contributed by atoms with Crippen LogP contribution in [0.25, 0.3) is 6.08 Å². The molecule has 5 rings (SSSR count). The van der Waals surface area contributed by atoms with Crippen LogP contribution in [0.5, 0.6) is 0 Å². The van der Waals surface area contributed by atoms with E-state index < -0.39 is 20.0 Å². The highest BCUT2D eigenvalue weighted by Gasteiger charge is 2.30. The van der Waals surface area contributed by atoms with Crippen molar-refractivity contribution >= 4 is 37.5 Å². The predicted molar refractivity (Wildman–Crippen MR) is 127 cm³/mol. The Morgan fingerprint density at radius 3 is 1.81 bits per heavy atom. The Labute approximate surface area is 188 Å². The maximum atomic E-state index is 13.1. The van der Waals surface area contributed by atoms with E-state index in [1.807, 2.05) is 48.5 Å². The average molecular weight is 467 g/mol. The van der Waals surface area contributed by atoms with E-state index in [0.717, 1.165) is 11.1 Å². The first-order valence-corrected chi connectivity index (χ1v) is 13.3. The van der Waals surface area contributed by atoms with Gasteiger partial charge in [-0.05, 0) is 59.9 Å². The van der Waals surface area contributed by atoms with Crippen LogP contribution in [0.15, 0.2) is 83.1 Å². The smallest absolute Gasteiger partial charge is 0.264 e. The molecule has 0 N–H and O–H groups in total. The van der Waals surface area contributed by atoms with Gasteiger partial charge in [-0.25, -0.2) is 16.8 Å². The molecule has 2 heterocycles. The molecule has 0 saturated carbocycles. The molecular formula is C24H22N2O4S2. The van der Waals surface area contributed by atoms with Crippen molar-refractivity contribution in [1.29, 1.82) is 0 Å². The van der Waals surface area contributed by atoms with E-state index in [1.54, 1.807) is 12.1 Å². The lowest BCUT2D eigenvalue weighted by Gasteiger charge is -2.19.